The molecule has 3 amide bonds. The number of rotatable bonds is 10. The highest BCUT2D eigenvalue weighted by Crippen LogP contribution is 2.35. The summed E-state index contributed by atoms with van der Waals surface area (Å²) in [5.41, 5.74) is 0.928. The summed E-state index contributed by atoms with van der Waals surface area (Å²) < 4.78 is 16.4. The van der Waals surface area contributed by atoms with Crippen molar-refractivity contribution >= 4 is 23.9 Å². The molecule has 3 atom stereocenters. The van der Waals surface area contributed by atoms with Gasteiger partial charge in [0.25, 0.3) is 5.91 Å². The highest BCUT2D eigenvalue weighted by molar-refractivity contribution is 5.96. The van der Waals surface area contributed by atoms with Crippen LogP contribution in [0.1, 0.15) is 88.3 Å². The van der Waals surface area contributed by atoms with Crippen molar-refractivity contribution in [3.8, 4) is 11.4 Å². The monoisotopic (exact) mass is 637 g/mol. The van der Waals surface area contributed by atoms with Crippen LogP contribution in [-0.2, 0) is 23.8 Å². The Morgan fingerprint density at radius 1 is 0.978 bits per heavy atom. The van der Waals surface area contributed by atoms with Crippen LogP contribution >= 0.6 is 0 Å². The van der Waals surface area contributed by atoms with E-state index < -0.39 is 29.6 Å². The van der Waals surface area contributed by atoms with Gasteiger partial charge in [0.1, 0.15) is 17.3 Å². The van der Waals surface area contributed by atoms with Gasteiger partial charge < -0.3 is 29.3 Å². The van der Waals surface area contributed by atoms with Crippen LogP contribution in [0, 0.1) is 0 Å². The predicted molar refractivity (Wildman–Crippen MR) is 171 cm³/mol. The van der Waals surface area contributed by atoms with E-state index in [9.17, 15) is 19.2 Å². The number of amides is 3. The smallest absolute Gasteiger partial charge is 0.409 e. The molecule has 250 valence electrons. The van der Waals surface area contributed by atoms with Gasteiger partial charge in [-0.1, -0.05) is 43.2 Å². The van der Waals surface area contributed by atoms with E-state index in [4.69, 9.17) is 19.2 Å². The van der Waals surface area contributed by atoms with E-state index in [1.807, 2.05) is 30.3 Å². The molecule has 2 aliphatic rings. The minimum absolute atomic E-state index is 0.00365. The van der Waals surface area contributed by atoms with Gasteiger partial charge in [0.05, 0.1) is 18.4 Å². The van der Waals surface area contributed by atoms with Gasteiger partial charge in [-0.25, -0.2) is 14.8 Å². The van der Waals surface area contributed by atoms with Gasteiger partial charge in [-0.15, -0.1) is 0 Å². The Labute approximate surface area is 271 Å². The second kappa shape index (κ2) is 16.0. The fourth-order valence-corrected chi connectivity index (χ4v) is 5.89. The molecule has 0 bridgehead atoms. The van der Waals surface area contributed by atoms with Crippen molar-refractivity contribution in [1.29, 1.82) is 0 Å². The molecular weight excluding hydrogens is 590 g/mol. The first-order valence-corrected chi connectivity index (χ1v) is 16.2. The number of aromatic nitrogens is 2. The number of hydrogen-bond acceptors (Lipinski definition) is 9. The molecular formula is C34H47N5O7. The molecule has 0 spiro atoms. The van der Waals surface area contributed by atoms with E-state index in [2.05, 4.69) is 10.3 Å². The zero-order valence-corrected chi connectivity index (χ0v) is 27.6. The van der Waals surface area contributed by atoms with Crippen molar-refractivity contribution < 1.29 is 33.4 Å². The third-order valence-corrected chi connectivity index (χ3v) is 8.17. The van der Waals surface area contributed by atoms with Gasteiger partial charge in [-0.05, 0) is 53.0 Å². The van der Waals surface area contributed by atoms with Crippen LogP contribution in [0.25, 0.3) is 11.4 Å². The summed E-state index contributed by atoms with van der Waals surface area (Å²) in [5, 5.41) is 2.87. The largest absolute Gasteiger partial charge is 0.460 e. The van der Waals surface area contributed by atoms with E-state index in [1.54, 1.807) is 50.7 Å². The molecule has 1 saturated carbocycles. The molecule has 0 radical (unpaired) electrons. The Kier molecular flexibility index (Phi) is 12.1. The average Bonchev–Trinajstić information content (AvgIpc) is 3.05. The standard InChI is InChI=1S/C34H47N5O7/c1-6-45-33(43)39-20-18-38(19-21-39)32(42)25(16-17-29(40)46-34(2,3)4)37-31(41)27-22-26(24-14-10-11-15-28(24)44-5)35-30(36-27)23-12-8-7-9-13-23/h7-9,12-13,22,24-25,28H,6,10-11,14-21H2,1-5H3,(H,37,41)/t24?,25?,28-/m0/s1. The zero-order valence-electron chi connectivity index (χ0n) is 27.6. The van der Waals surface area contributed by atoms with Gasteiger partial charge >= 0.3 is 12.1 Å². The summed E-state index contributed by atoms with van der Waals surface area (Å²) in [6, 6.07) is 10.1. The lowest BCUT2D eigenvalue weighted by Crippen LogP contribution is -2.56. The molecule has 2 aromatic rings. The van der Waals surface area contributed by atoms with Crippen molar-refractivity contribution in [3.05, 3.63) is 47.8 Å². The normalized spacial score (nSPS) is 19.2. The van der Waals surface area contributed by atoms with Gasteiger partial charge in [0.15, 0.2) is 5.82 Å². The Morgan fingerprint density at radius 3 is 2.30 bits per heavy atom. The number of hydrogen-bond donors (Lipinski definition) is 1. The Morgan fingerprint density at radius 2 is 1.65 bits per heavy atom. The van der Waals surface area contributed by atoms with Crippen LogP contribution in [0.2, 0.25) is 0 Å². The lowest BCUT2D eigenvalue weighted by Gasteiger charge is -2.36. The molecule has 1 aromatic carbocycles. The molecule has 2 unspecified atom stereocenters. The van der Waals surface area contributed by atoms with Crippen molar-refractivity contribution in [3.63, 3.8) is 0 Å². The summed E-state index contributed by atoms with van der Waals surface area (Å²) in [6.07, 6.45) is 3.38. The first-order chi connectivity index (χ1) is 22.0. The SMILES string of the molecule is CCOC(=O)N1CCN(C(=O)C(CCC(=O)OC(C)(C)C)NC(=O)c2cc(C3CCCC[C@@H]3OC)nc(-c3ccccc3)n2)CC1. The van der Waals surface area contributed by atoms with Gasteiger partial charge in [0.2, 0.25) is 5.91 Å². The molecule has 1 aliphatic heterocycles. The number of carbonyl (C=O) groups is 4. The van der Waals surface area contributed by atoms with E-state index in [0.29, 0.717) is 18.9 Å². The summed E-state index contributed by atoms with van der Waals surface area (Å²) in [5.74, 6) is -0.945. The molecule has 4 rings (SSSR count). The fraction of sp³-hybridized carbons (Fsp3) is 0.588. The van der Waals surface area contributed by atoms with Crippen LogP contribution < -0.4 is 5.32 Å². The van der Waals surface area contributed by atoms with Gasteiger partial charge in [-0.2, -0.15) is 0 Å². The topological polar surface area (TPSA) is 140 Å². The van der Waals surface area contributed by atoms with Gasteiger partial charge in [0, 0.05) is 51.2 Å². The first-order valence-electron chi connectivity index (χ1n) is 16.2. The maximum absolute atomic E-state index is 13.9. The summed E-state index contributed by atoms with van der Waals surface area (Å²) in [6.45, 7) is 8.47. The number of carbonyl (C=O) groups excluding carboxylic acids is 4. The van der Waals surface area contributed by atoms with Crippen molar-refractivity contribution in [2.75, 3.05) is 39.9 Å². The number of esters is 1. The summed E-state index contributed by atoms with van der Waals surface area (Å²) >= 11 is 0. The van der Waals surface area contributed by atoms with E-state index >= 15 is 0 Å². The maximum Gasteiger partial charge on any atom is 0.409 e. The zero-order chi connectivity index (χ0) is 33.3. The molecule has 2 fully saturated rings. The third kappa shape index (κ3) is 9.48. The van der Waals surface area contributed by atoms with Crippen LogP contribution in [0.5, 0.6) is 0 Å². The van der Waals surface area contributed by atoms with E-state index in [1.165, 1.54) is 0 Å². The van der Waals surface area contributed by atoms with Crippen LogP contribution in [0.15, 0.2) is 36.4 Å². The molecule has 1 aliphatic carbocycles. The number of methoxy groups -OCH3 is 1. The average molecular weight is 638 g/mol. The number of ether oxygens (including phenoxy) is 3. The van der Waals surface area contributed by atoms with Crippen molar-refractivity contribution in [1.82, 2.24) is 25.1 Å². The quantitative estimate of drug-likeness (QED) is 0.377. The molecule has 12 heteroatoms. The number of benzene rings is 1. The van der Waals surface area contributed by atoms with Crippen molar-refractivity contribution in [2.45, 2.75) is 89.9 Å². The minimum Gasteiger partial charge on any atom is -0.460 e. The highest BCUT2D eigenvalue weighted by Gasteiger charge is 2.33. The highest BCUT2D eigenvalue weighted by atomic mass is 16.6. The Hall–Kier alpha value is -4.06. The first kappa shape index (κ1) is 34.8. The van der Waals surface area contributed by atoms with Gasteiger partial charge in [-0.3, -0.25) is 14.4 Å². The minimum atomic E-state index is -1.02. The molecule has 2 heterocycles. The fourth-order valence-electron chi connectivity index (χ4n) is 5.89. The molecule has 1 aromatic heterocycles. The lowest BCUT2D eigenvalue weighted by atomic mass is 9.83. The summed E-state index contributed by atoms with van der Waals surface area (Å²) in [7, 11) is 1.70. The number of nitrogens with one attached hydrogen (secondary N) is 1. The predicted octanol–water partition coefficient (Wildman–Crippen LogP) is 4.34. The van der Waals surface area contributed by atoms with E-state index in [0.717, 1.165) is 36.9 Å². The summed E-state index contributed by atoms with van der Waals surface area (Å²) in [4.78, 5) is 65.2. The third-order valence-electron chi connectivity index (χ3n) is 8.17. The second-order valence-corrected chi connectivity index (χ2v) is 12.7. The van der Waals surface area contributed by atoms with Crippen LogP contribution in [0.4, 0.5) is 4.79 Å². The van der Waals surface area contributed by atoms with E-state index in [-0.39, 0.29) is 56.2 Å². The molecule has 1 N–H and O–H groups in total. The number of nitrogens with zero attached hydrogens (tertiary/aromatic N) is 4. The molecule has 46 heavy (non-hydrogen) atoms. The molecule has 12 nitrogen and oxygen atoms in total. The Bertz CT molecular complexity index is 1360. The second-order valence-electron chi connectivity index (χ2n) is 12.7. The number of piperazine rings is 1. The maximum atomic E-state index is 13.9. The van der Waals surface area contributed by atoms with Crippen molar-refractivity contribution in [2.24, 2.45) is 0 Å². The molecule has 1 saturated heterocycles. The lowest BCUT2D eigenvalue weighted by molar-refractivity contribution is -0.155. The Balaban J connectivity index is 1.59. The van der Waals surface area contributed by atoms with Crippen LogP contribution in [-0.4, -0.2) is 101 Å². The van der Waals surface area contributed by atoms with Crippen LogP contribution in [0.3, 0.4) is 0 Å².